The zero-order valence-electron chi connectivity index (χ0n) is 16.6. The number of aryl methyl sites for hydroxylation is 2. The molecule has 0 saturated carbocycles. The first-order valence-corrected chi connectivity index (χ1v) is 10.4. The van der Waals surface area contributed by atoms with Crippen molar-refractivity contribution in [3.63, 3.8) is 0 Å². The molecule has 2 aromatic carbocycles. The number of hydrogen-bond acceptors (Lipinski definition) is 6. The van der Waals surface area contributed by atoms with Crippen LogP contribution in [-0.4, -0.2) is 30.6 Å². The monoisotopic (exact) mass is 429 g/mol. The van der Waals surface area contributed by atoms with Gasteiger partial charge in [-0.05, 0) is 37.6 Å². The highest BCUT2D eigenvalue weighted by molar-refractivity contribution is 8.26. The zero-order chi connectivity index (χ0) is 20.8. The molecule has 1 N–H and O–H groups in total. The Morgan fingerprint density at radius 2 is 1.90 bits per heavy atom. The molecule has 2 aromatic rings. The second kappa shape index (κ2) is 9.80. The molecule has 0 aliphatic carbocycles. The van der Waals surface area contributed by atoms with E-state index in [-0.39, 0.29) is 5.91 Å². The number of thioether (sulfide) groups is 1. The number of hydrogen-bond donors (Lipinski definition) is 1. The van der Waals surface area contributed by atoms with Crippen LogP contribution < -0.4 is 19.5 Å². The first-order valence-electron chi connectivity index (χ1n) is 9.22. The molecule has 1 heterocycles. The summed E-state index contributed by atoms with van der Waals surface area (Å²) in [5, 5.41) is 2.62. The number of methoxy groups -OCH3 is 1. The molecule has 0 aromatic heterocycles. The van der Waals surface area contributed by atoms with Crippen molar-refractivity contribution in [2.75, 3.05) is 20.3 Å². The lowest BCUT2D eigenvalue weighted by atomic mass is 10.1. The highest BCUT2D eigenvalue weighted by atomic mass is 32.2. The van der Waals surface area contributed by atoms with Gasteiger partial charge in [0, 0.05) is 12.0 Å². The van der Waals surface area contributed by atoms with E-state index in [0.29, 0.717) is 40.4 Å². The van der Waals surface area contributed by atoms with E-state index in [2.05, 4.69) is 18.3 Å². The number of thiocarbonyl (C=S) groups is 1. The predicted octanol–water partition coefficient (Wildman–Crippen LogP) is 4.65. The molecule has 1 amide bonds. The van der Waals surface area contributed by atoms with Gasteiger partial charge in [0.15, 0.2) is 11.5 Å². The number of carbonyl (C=O) groups is 1. The van der Waals surface area contributed by atoms with Crippen LogP contribution in [-0.2, 0) is 4.79 Å². The van der Waals surface area contributed by atoms with Gasteiger partial charge >= 0.3 is 0 Å². The van der Waals surface area contributed by atoms with Crippen LogP contribution in [0.2, 0.25) is 0 Å². The predicted molar refractivity (Wildman–Crippen MR) is 121 cm³/mol. The van der Waals surface area contributed by atoms with Crippen molar-refractivity contribution in [3.05, 3.63) is 58.0 Å². The molecule has 0 unspecified atom stereocenters. The van der Waals surface area contributed by atoms with Gasteiger partial charge in [-0.2, -0.15) is 0 Å². The van der Waals surface area contributed by atoms with Crippen molar-refractivity contribution >= 4 is 40.3 Å². The lowest BCUT2D eigenvalue weighted by Gasteiger charge is -2.14. The van der Waals surface area contributed by atoms with Crippen LogP contribution in [0.15, 0.2) is 41.3 Å². The molecular formula is C22H23NO4S2. The smallest absolute Gasteiger partial charge is 0.263 e. The molecule has 29 heavy (non-hydrogen) atoms. The number of carbonyl (C=O) groups excluding carboxylic acids is 1. The molecule has 0 atom stereocenters. The van der Waals surface area contributed by atoms with E-state index in [0.717, 1.165) is 16.9 Å². The second-order valence-corrected chi connectivity index (χ2v) is 8.27. The van der Waals surface area contributed by atoms with E-state index < -0.39 is 0 Å². The van der Waals surface area contributed by atoms with Crippen molar-refractivity contribution in [1.29, 1.82) is 0 Å². The van der Waals surface area contributed by atoms with Crippen LogP contribution in [0.3, 0.4) is 0 Å². The first-order chi connectivity index (χ1) is 14.0. The van der Waals surface area contributed by atoms with Gasteiger partial charge in [0.05, 0.1) is 25.2 Å². The normalized spacial score (nSPS) is 14.8. The molecule has 1 fully saturated rings. The quantitative estimate of drug-likeness (QED) is 0.375. The van der Waals surface area contributed by atoms with Crippen molar-refractivity contribution in [1.82, 2.24) is 5.32 Å². The zero-order valence-corrected chi connectivity index (χ0v) is 18.2. The first kappa shape index (κ1) is 21.2. The summed E-state index contributed by atoms with van der Waals surface area (Å²) in [6, 6.07) is 11.7. The summed E-state index contributed by atoms with van der Waals surface area (Å²) in [6.07, 6.45) is 2.48. The Balaban J connectivity index is 1.63. The maximum absolute atomic E-state index is 12.0. The molecule has 7 heteroatoms. The van der Waals surface area contributed by atoms with Crippen molar-refractivity contribution in [2.24, 2.45) is 0 Å². The fourth-order valence-corrected chi connectivity index (χ4v) is 3.94. The minimum Gasteiger partial charge on any atom is -0.493 e. The molecule has 0 spiro atoms. The van der Waals surface area contributed by atoms with Gasteiger partial charge < -0.3 is 19.5 Å². The molecular weight excluding hydrogens is 406 g/mol. The molecule has 1 aliphatic rings. The van der Waals surface area contributed by atoms with Crippen LogP contribution >= 0.6 is 24.0 Å². The molecule has 1 saturated heterocycles. The van der Waals surface area contributed by atoms with Crippen molar-refractivity contribution in [2.45, 2.75) is 20.3 Å². The summed E-state index contributed by atoms with van der Waals surface area (Å²) in [7, 11) is 1.59. The topological polar surface area (TPSA) is 56.8 Å². The van der Waals surface area contributed by atoms with Gasteiger partial charge in [0.2, 0.25) is 0 Å². The Labute approximate surface area is 180 Å². The third-order valence-corrected chi connectivity index (χ3v) is 5.44. The minimum absolute atomic E-state index is 0.198. The SMILES string of the molecule is COc1cccc(/C=C2/SC(=S)NC2=O)c1OCCCOc1ccc(C)cc1C. The van der Waals surface area contributed by atoms with Crippen LogP contribution in [0.4, 0.5) is 0 Å². The Morgan fingerprint density at radius 3 is 2.59 bits per heavy atom. The van der Waals surface area contributed by atoms with Crippen LogP contribution in [0, 0.1) is 13.8 Å². The van der Waals surface area contributed by atoms with E-state index >= 15 is 0 Å². The highest BCUT2D eigenvalue weighted by Gasteiger charge is 2.23. The Hall–Kier alpha value is -2.51. The number of benzene rings is 2. The van der Waals surface area contributed by atoms with E-state index in [9.17, 15) is 4.79 Å². The maximum Gasteiger partial charge on any atom is 0.263 e. The third kappa shape index (κ3) is 5.52. The van der Waals surface area contributed by atoms with E-state index in [4.69, 9.17) is 26.4 Å². The van der Waals surface area contributed by atoms with Crippen molar-refractivity contribution < 1.29 is 19.0 Å². The number of rotatable bonds is 8. The van der Waals surface area contributed by atoms with Gasteiger partial charge in [-0.3, -0.25) is 4.79 Å². The summed E-state index contributed by atoms with van der Waals surface area (Å²) in [6.45, 7) is 5.10. The highest BCUT2D eigenvalue weighted by Crippen LogP contribution is 2.35. The molecule has 0 radical (unpaired) electrons. The molecule has 1 aliphatic heterocycles. The average Bonchev–Trinajstić information content (AvgIpc) is 3.00. The maximum atomic E-state index is 12.0. The number of amides is 1. The molecule has 5 nitrogen and oxygen atoms in total. The van der Waals surface area contributed by atoms with Gasteiger partial charge in [-0.25, -0.2) is 0 Å². The van der Waals surface area contributed by atoms with E-state index in [1.54, 1.807) is 13.2 Å². The van der Waals surface area contributed by atoms with Gasteiger partial charge in [0.25, 0.3) is 5.91 Å². The summed E-state index contributed by atoms with van der Waals surface area (Å²) >= 11 is 6.28. The lowest BCUT2D eigenvalue weighted by Crippen LogP contribution is -2.17. The summed E-state index contributed by atoms with van der Waals surface area (Å²) in [5.41, 5.74) is 3.10. The average molecular weight is 430 g/mol. The second-order valence-electron chi connectivity index (χ2n) is 6.55. The van der Waals surface area contributed by atoms with Gasteiger partial charge in [0.1, 0.15) is 10.1 Å². The largest absolute Gasteiger partial charge is 0.493 e. The lowest BCUT2D eigenvalue weighted by molar-refractivity contribution is -0.115. The van der Waals surface area contributed by atoms with E-state index in [1.807, 2.05) is 37.3 Å². The third-order valence-electron chi connectivity index (χ3n) is 4.28. The van der Waals surface area contributed by atoms with Gasteiger partial charge in [-0.15, -0.1) is 0 Å². The molecule has 3 rings (SSSR count). The fraction of sp³-hybridized carbons (Fsp3) is 0.273. The number of nitrogens with one attached hydrogen (secondary N) is 1. The van der Waals surface area contributed by atoms with Crippen molar-refractivity contribution in [3.8, 4) is 17.2 Å². The Kier molecular flexibility index (Phi) is 7.17. The number of para-hydroxylation sites is 1. The summed E-state index contributed by atoms with van der Waals surface area (Å²) in [5.74, 6) is 1.90. The van der Waals surface area contributed by atoms with Crippen LogP contribution in [0.1, 0.15) is 23.1 Å². The van der Waals surface area contributed by atoms with Gasteiger partial charge in [-0.1, -0.05) is 53.8 Å². The minimum atomic E-state index is -0.198. The molecule has 0 bridgehead atoms. The standard InChI is InChI=1S/C22H23NO4S2/c1-14-8-9-17(15(2)12-14)26-10-5-11-27-20-16(6-4-7-18(20)25-3)13-19-21(24)23-22(28)29-19/h4,6-9,12-13H,5,10-11H2,1-3H3,(H,23,24,28)/b19-13+. The Bertz CT molecular complexity index is 956. The summed E-state index contributed by atoms with van der Waals surface area (Å²) < 4.78 is 17.7. The fourth-order valence-electron chi connectivity index (χ4n) is 2.90. The van der Waals surface area contributed by atoms with Crippen LogP contribution in [0.25, 0.3) is 6.08 Å². The Morgan fingerprint density at radius 1 is 1.10 bits per heavy atom. The summed E-state index contributed by atoms with van der Waals surface area (Å²) in [4.78, 5) is 12.5. The van der Waals surface area contributed by atoms with Crippen LogP contribution in [0.5, 0.6) is 17.2 Å². The van der Waals surface area contributed by atoms with E-state index in [1.165, 1.54) is 17.3 Å². The molecule has 152 valence electrons. The number of ether oxygens (including phenoxy) is 3.